The molecule has 3 rings (SSSR count). The number of hydrogen-bond donors (Lipinski definition) is 2. The first-order chi connectivity index (χ1) is 9.91. The van der Waals surface area contributed by atoms with Gasteiger partial charge in [0.15, 0.2) is 0 Å². The lowest BCUT2D eigenvalue weighted by molar-refractivity contribution is -0.127. The third kappa shape index (κ3) is 3.61. The van der Waals surface area contributed by atoms with E-state index in [1.165, 1.54) is 25.7 Å². The molecule has 3 fully saturated rings. The van der Waals surface area contributed by atoms with Gasteiger partial charge in [0.05, 0.1) is 0 Å². The van der Waals surface area contributed by atoms with E-state index in [1.54, 1.807) is 0 Å². The van der Waals surface area contributed by atoms with Crippen LogP contribution in [0.1, 0.15) is 72.1 Å². The Morgan fingerprint density at radius 3 is 2.05 bits per heavy atom. The highest BCUT2D eigenvalue weighted by molar-refractivity contribution is 5.79. The van der Waals surface area contributed by atoms with E-state index < -0.39 is 0 Å². The Balaban J connectivity index is 1.46. The monoisotopic (exact) mass is 292 g/mol. The molecule has 1 aliphatic carbocycles. The van der Waals surface area contributed by atoms with Gasteiger partial charge in [0, 0.05) is 24.0 Å². The number of fused-ring (bicyclic) bond motifs is 2. The molecule has 2 saturated heterocycles. The van der Waals surface area contributed by atoms with Gasteiger partial charge in [-0.05, 0) is 62.7 Å². The standard InChI is InChI=1S/C18H32N2O/c1-18(2,3)13-6-4-12(5-7-13)17(21)20-16-10-14-8-9-15(11-16)19-14/h12-16,19H,4-11H2,1-3H3,(H,20,21). The van der Waals surface area contributed by atoms with Crippen LogP contribution in [0.5, 0.6) is 0 Å². The Morgan fingerprint density at radius 2 is 1.52 bits per heavy atom. The Kier molecular flexibility index (Phi) is 4.31. The molecule has 21 heavy (non-hydrogen) atoms. The second-order valence-electron chi connectivity index (χ2n) is 8.73. The van der Waals surface area contributed by atoms with Gasteiger partial charge in [-0.25, -0.2) is 0 Å². The van der Waals surface area contributed by atoms with E-state index >= 15 is 0 Å². The van der Waals surface area contributed by atoms with Crippen LogP contribution in [0.4, 0.5) is 0 Å². The van der Waals surface area contributed by atoms with Gasteiger partial charge < -0.3 is 10.6 Å². The Morgan fingerprint density at radius 1 is 0.952 bits per heavy atom. The van der Waals surface area contributed by atoms with Crippen LogP contribution in [-0.4, -0.2) is 24.0 Å². The molecule has 1 saturated carbocycles. The average molecular weight is 292 g/mol. The number of amides is 1. The predicted molar refractivity (Wildman–Crippen MR) is 86.0 cm³/mol. The van der Waals surface area contributed by atoms with Crippen molar-refractivity contribution in [2.45, 2.75) is 90.3 Å². The van der Waals surface area contributed by atoms with Crippen LogP contribution in [0, 0.1) is 17.3 Å². The molecule has 120 valence electrons. The molecule has 3 nitrogen and oxygen atoms in total. The second-order valence-corrected chi connectivity index (χ2v) is 8.73. The van der Waals surface area contributed by atoms with E-state index in [9.17, 15) is 4.79 Å². The zero-order valence-corrected chi connectivity index (χ0v) is 14.0. The molecule has 3 heteroatoms. The molecule has 0 aromatic rings. The van der Waals surface area contributed by atoms with Gasteiger partial charge in [-0.1, -0.05) is 20.8 Å². The van der Waals surface area contributed by atoms with Gasteiger partial charge in [-0.2, -0.15) is 0 Å². The number of carbonyl (C=O) groups is 1. The first kappa shape index (κ1) is 15.3. The van der Waals surface area contributed by atoms with Crippen molar-refractivity contribution < 1.29 is 4.79 Å². The molecule has 3 aliphatic rings. The van der Waals surface area contributed by atoms with Crippen molar-refractivity contribution in [3.05, 3.63) is 0 Å². The molecular weight excluding hydrogens is 260 g/mol. The number of hydrogen-bond acceptors (Lipinski definition) is 2. The van der Waals surface area contributed by atoms with E-state index in [2.05, 4.69) is 31.4 Å². The van der Waals surface area contributed by atoms with Crippen molar-refractivity contribution in [1.29, 1.82) is 0 Å². The molecule has 0 radical (unpaired) electrons. The summed E-state index contributed by atoms with van der Waals surface area (Å²) in [5.74, 6) is 1.40. The van der Waals surface area contributed by atoms with Crippen molar-refractivity contribution in [3.8, 4) is 0 Å². The van der Waals surface area contributed by atoms with E-state index in [1.807, 2.05) is 0 Å². The fourth-order valence-corrected chi connectivity index (χ4v) is 4.72. The van der Waals surface area contributed by atoms with Gasteiger partial charge in [0.2, 0.25) is 5.91 Å². The summed E-state index contributed by atoms with van der Waals surface area (Å²) in [6, 6.07) is 1.74. The molecule has 2 aliphatic heterocycles. The molecule has 2 heterocycles. The Bertz CT molecular complexity index is 367. The third-order valence-electron chi connectivity index (χ3n) is 6.14. The molecule has 0 aromatic heterocycles. The fraction of sp³-hybridized carbons (Fsp3) is 0.944. The van der Waals surface area contributed by atoms with Crippen molar-refractivity contribution in [2.75, 3.05) is 0 Å². The van der Waals surface area contributed by atoms with Gasteiger partial charge in [0.25, 0.3) is 0 Å². The summed E-state index contributed by atoms with van der Waals surface area (Å²) < 4.78 is 0. The summed E-state index contributed by atoms with van der Waals surface area (Å²) in [4.78, 5) is 12.5. The smallest absolute Gasteiger partial charge is 0.223 e. The minimum atomic E-state index is 0.274. The van der Waals surface area contributed by atoms with Gasteiger partial charge in [0.1, 0.15) is 0 Å². The third-order valence-corrected chi connectivity index (χ3v) is 6.14. The summed E-state index contributed by atoms with van der Waals surface area (Å²) in [5, 5.41) is 7.01. The van der Waals surface area contributed by atoms with Crippen molar-refractivity contribution in [1.82, 2.24) is 10.6 Å². The first-order valence-electron chi connectivity index (χ1n) is 8.98. The van der Waals surface area contributed by atoms with Crippen molar-refractivity contribution >= 4 is 5.91 Å². The molecule has 2 unspecified atom stereocenters. The summed E-state index contributed by atoms with van der Waals surface area (Å²) >= 11 is 0. The van der Waals surface area contributed by atoms with E-state index in [0.29, 0.717) is 29.4 Å². The topological polar surface area (TPSA) is 41.1 Å². The van der Waals surface area contributed by atoms with E-state index in [4.69, 9.17) is 0 Å². The van der Waals surface area contributed by atoms with Gasteiger partial charge >= 0.3 is 0 Å². The van der Waals surface area contributed by atoms with E-state index in [-0.39, 0.29) is 5.92 Å². The largest absolute Gasteiger partial charge is 0.353 e. The first-order valence-corrected chi connectivity index (χ1v) is 8.98. The second kappa shape index (κ2) is 5.91. The summed E-state index contributed by atoms with van der Waals surface area (Å²) in [7, 11) is 0. The highest BCUT2D eigenvalue weighted by atomic mass is 16.1. The quantitative estimate of drug-likeness (QED) is 0.820. The molecule has 0 aromatic carbocycles. The number of rotatable bonds is 2. The molecule has 1 amide bonds. The zero-order chi connectivity index (χ0) is 15.0. The maximum absolute atomic E-state index is 12.5. The average Bonchev–Trinajstić information content (AvgIpc) is 2.77. The Labute approximate surface area is 129 Å². The predicted octanol–water partition coefficient (Wildman–Crippen LogP) is 3.24. The lowest BCUT2D eigenvalue weighted by Crippen LogP contribution is -2.49. The van der Waals surface area contributed by atoms with Crippen molar-refractivity contribution in [3.63, 3.8) is 0 Å². The number of piperidine rings is 1. The minimum absolute atomic E-state index is 0.274. The molecular formula is C18H32N2O. The summed E-state index contributed by atoms with van der Waals surface area (Å²) in [6.07, 6.45) is 9.50. The van der Waals surface area contributed by atoms with Crippen LogP contribution in [0.25, 0.3) is 0 Å². The van der Waals surface area contributed by atoms with Gasteiger partial charge in [-0.3, -0.25) is 4.79 Å². The van der Waals surface area contributed by atoms with Crippen LogP contribution < -0.4 is 10.6 Å². The fourth-order valence-electron chi connectivity index (χ4n) is 4.72. The molecule has 0 spiro atoms. The van der Waals surface area contributed by atoms with Crippen LogP contribution >= 0.6 is 0 Å². The maximum Gasteiger partial charge on any atom is 0.223 e. The molecule has 2 N–H and O–H groups in total. The molecule has 2 bridgehead atoms. The zero-order valence-electron chi connectivity index (χ0n) is 14.0. The van der Waals surface area contributed by atoms with Gasteiger partial charge in [-0.15, -0.1) is 0 Å². The molecule has 2 atom stereocenters. The highest BCUT2D eigenvalue weighted by Crippen LogP contribution is 2.40. The Hall–Kier alpha value is -0.570. The maximum atomic E-state index is 12.5. The summed E-state index contributed by atoms with van der Waals surface area (Å²) in [6.45, 7) is 7.01. The number of nitrogens with one attached hydrogen (secondary N) is 2. The number of carbonyl (C=O) groups excluding carboxylic acids is 1. The lowest BCUT2D eigenvalue weighted by atomic mass is 9.69. The van der Waals surface area contributed by atoms with Crippen LogP contribution in [-0.2, 0) is 4.79 Å². The van der Waals surface area contributed by atoms with Crippen LogP contribution in [0.2, 0.25) is 0 Å². The minimum Gasteiger partial charge on any atom is -0.353 e. The normalized spacial score (nSPS) is 40.0. The summed E-state index contributed by atoms with van der Waals surface area (Å²) in [5.41, 5.74) is 0.398. The van der Waals surface area contributed by atoms with Crippen LogP contribution in [0.3, 0.4) is 0 Å². The SMILES string of the molecule is CC(C)(C)C1CCC(C(=O)NC2CC3CCC(C2)N3)CC1. The van der Waals surface area contributed by atoms with E-state index in [0.717, 1.165) is 31.6 Å². The lowest BCUT2D eigenvalue weighted by Gasteiger charge is -2.37. The van der Waals surface area contributed by atoms with Crippen LogP contribution in [0.15, 0.2) is 0 Å². The van der Waals surface area contributed by atoms with Crippen molar-refractivity contribution in [2.24, 2.45) is 17.3 Å². The highest BCUT2D eigenvalue weighted by Gasteiger charge is 2.36.